The Morgan fingerprint density at radius 1 is 1.13 bits per heavy atom. The van der Waals surface area contributed by atoms with E-state index in [0.29, 0.717) is 29.6 Å². The molecule has 1 atom stereocenters. The molecule has 1 saturated heterocycles. The van der Waals surface area contributed by atoms with Gasteiger partial charge in [-0.2, -0.15) is 5.10 Å². The van der Waals surface area contributed by atoms with Crippen LogP contribution < -0.4 is 0 Å². The van der Waals surface area contributed by atoms with Crippen molar-refractivity contribution in [1.82, 2.24) is 19.9 Å². The van der Waals surface area contributed by atoms with E-state index in [2.05, 4.69) is 10.3 Å². The number of halogens is 1. The summed E-state index contributed by atoms with van der Waals surface area (Å²) in [6.07, 6.45) is 2.12. The number of aromatic nitrogens is 4. The van der Waals surface area contributed by atoms with Crippen LogP contribution in [0.15, 0.2) is 59.1 Å². The van der Waals surface area contributed by atoms with Crippen LogP contribution in [-0.2, 0) is 11.3 Å². The molecule has 2 aromatic heterocycles. The normalized spacial score (nSPS) is 16.3. The fraction of sp³-hybridized carbons (Fsp3) is 0.261. The number of hydrogen-bond acceptors (Lipinski definition) is 5. The second-order valence-corrected chi connectivity index (χ2v) is 7.47. The van der Waals surface area contributed by atoms with Gasteiger partial charge in [0, 0.05) is 23.8 Å². The lowest BCUT2D eigenvalue weighted by Gasteiger charge is -2.10. The third-order valence-electron chi connectivity index (χ3n) is 5.32. The van der Waals surface area contributed by atoms with Gasteiger partial charge in [-0.1, -0.05) is 29.4 Å². The van der Waals surface area contributed by atoms with Gasteiger partial charge in [-0.05, 0) is 49.6 Å². The first-order valence-electron chi connectivity index (χ1n) is 10.0. The third kappa shape index (κ3) is 3.64. The Morgan fingerprint density at radius 2 is 1.97 bits per heavy atom. The molecular weight excluding hydrogens is 383 g/mol. The summed E-state index contributed by atoms with van der Waals surface area (Å²) in [5.41, 5.74) is 3.44. The molecule has 0 radical (unpaired) electrons. The van der Waals surface area contributed by atoms with E-state index in [0.717, 1.165) is 36.1 Å². The van der Waals surface area contributed by atoms with Gasteiger partial charge in [-0.15, -0.1) is 0 Å². The van der Waals surface area contributed by atoms with Crippen molar-refractivity contribution in [3.63, 3.8) is 0 Å². The van der Waals surface area contributed by atoms with Gasteiger partial charge in [-0.25, -0.2) is 14.1 Å². The number of rotatable bonds is 5. The molecule has 1 aliphatic rings. The SMILES string of the molecule is Cc1ccccc1-c1cc(-c2nc(-c3ccc(F)cc3)nn2CC2CCCO2)no1. The summed E-state index contributed by atoms with van der Waals surface area (Å²) in [6, 6.07) is 16.0. The van der Waals surface area contributed by atoms with E-state index < -0.39 is 0 Å². The van der Waals surface area contributed by atoms with Gasteiger partial charge in [0.15, 0.2) is 23.1 Å². The summed E-state index contributed by atoms with van der Waals surface area (Å²) in [5, 5.41) is 8.93. The number of benzene rings is 2. The van der Waals surface area contributed by atoms with Gasteiger partial charge in [0.2, 0.25) is 0 Å². The van der Waals surface area contributed by atoms with Crippen LogP contribution >= 0.6 is 0 Å². The Kier molecular flexibility index (Phi) is 4.88. The van der Waals surface area contributed by atoms with Gasteiger partial charge in [0.1, 0.15) is 5.82 Å². The highest BCUT2D eigenvalue weighted by Crippen LogP contribution is 2.29. The summed E-state index contributed by atoms with van der Waals surface area (Å²) >= 11 is 0. The largest absolute Gasteiger partial charge is 0.376 e. The molecule has 3 heterocycles. The predicted molar refractivity (Wildman–Crippen MR) is 110 cm³/mol. The molecule has 6 nitrogen and oxygen atoms in total. The van der Waals surface area contributed by atoms with Crippen LogP contribution in [0.1, 0.15) is 18.4 Å². The second-order valence-electron chi connectivity index (χ2n) is 7.47. The first-order valence-corrected chi connectivity index (χ1v) is 10.0. The molecule has 152 valence electrons. The van der Waals surface area contributed by atoms with Crippen molar-refractivity contribution in [3.05, 3.63) is 66.0 Å². The number of hydrogen-bond donors (Lipinski definition) is 0. The van der Waals surface area contributed by atoms with Crippen molar-refractivity contribution >= 4 is 0 Å². The fourth-order valence-electron chi connectivity index (χ4n) is 3.72. The molecule has 0 bridgehead atoms. The van der Waals surface area contributed by atoms with Crippen molar-refractivity contribution in [2.75, 3.05) is 6.61 Å². The summed E-state index contributed by atoms with van der Waals surface area (Å²) in [7, 11) is 0. The van der Waals surface area contributed by atoms with Crippen molar-refractivity contribution in [1.29, 1.82) is 0 Å². The lowest BCUT2D eigenvalue weighted by atomic mass is 10.1. The molecule has 0 N–H and O–H groups in total. The van der Waals surface area contributed by atoms with Crippen molar-refractivity contribution in [2.24, 2.45) is 0 Å². The quantitative estimate of drug-likeness (QED) is 0.474. The lowest BCUT2D eigenvalue weighted by molar-refractivity contribution is 0.0944. The van der Waals surface area contributed by atoms with E-state index in [1.807, 2.05) is 41.9 Å². The highest BCUT2D eigenvalue weighted by Gasteiger charge is 2.23. The molecule has 0 spiro atoms. The number of nitrogens with zero attached hydrogens (tertiary/aromatic N) is 4. The van der Waals surface area contributed by atoms with E-state index in [-0.39, 0.29) is 11.9 Å². The van der Waals surface area contributed by atoms with Crippen molar-refractivity contribution in [2.45, 2.75) is 32.4 Å². The zero-order chi connectivity index (χ0) is 20.5. The predicted octanol–water partition coefficient (Wildman–Crippen LogP) is 4.89. The van der Waals surface area contributed by atoms with Crippen LogP contribution in [0.2, 0.25) is 0 Å². The summed E-state index contributed by atoms with van der Waals surface area (Å²) in [5.74, 6) is 1.51. The highest BCUT2D eigenvalue weighted by molar-refractivity contribution is 5.67. The maximum Gasteiger partial charge on any atom is 0.181 e. The fourth-order valence-corrected chi connectivity index (χ4v) is 3.72. The van der Waals surface area contributed by atoms with E-state index in [9.17, 15) is 4.39 Å². The summed E-state index contributed by atoms with van der Waals surface area (Å²) in [6.45, 7) is 3.38. The first-order chi connectivity index (χ1) is 14.7. The average Bonchev–Trinajstić information content (AvgIpc) is 3.50. The Morgan fingerprint density at radius 3 is 2.73 bits per heavy atom. The van der Waals surface area contributed by atoms with Gasteiger partial charge in [0.25, 0.3) is 0 Å². The minimum atomic E-state index is -0.294. The monoisotopic (exact) mass is 404 g/mol. The Bertz CT molecular complexity index is 1160. The molecule has 0 amide bonds. The van der Waals surface area contributed by atoms with Crippen LogP contribution in [-0.4, -0.2) is 32.6 Å². The molecular formula is C23H21FN4O2. The maximum absolute atomic E-state index is 13.3. The maximum atomic E-state index is 13.3. The molecule has 5 rings (SSSR count). The Labute approximate surface area is 173 Å². The van der Waals surface area contributed by atoms with Crippen LogP contribution in [0.4, 0.5) is 4.39 Å². The summed E-state index contributed by atoms with van der Waals surface area (Å²) < 4.78 is 26.6. The van der Waals surface area contributed by atoms with Crippen molar-refractivity contribution in [3.8, 4) is 34.2 Å². The lowest BCUT2D eigenvalue weighted by Crippen LogP contribution is -2.17. The molecule has 1 aliphatic heterocycles. The molecule has 0 saturated carbocycles. The van der Waals surface area contributed by atoms with E-state index in [1.54, 1.807) is 12.1 Å². The standard InChI is InChI=1S/C23H21FN4O2/c1-15-5-2-3-7-19(15)21-13-20(27-30-21)23-25-22(16-8-10-17(24)11-9-16)26-28(23)14-18-6-4-12-29-18/h2-3,5,7-11,13,18H,4,6,12,14H2,1H3. The zero-order valence-electron chi connectivity index (χ0n) is 16.6. The molecule has 7 heteroatoms. The number of aryl methyl sites for hydroxylation is 1. The van der Waals surface area contributed by atoms with Gasteiger partial charge < -0.3 is 9.26 Å². The summed E-state index contributed by atoms with van der Waals surface area (Å²) in [4.78, 5) is 4.70. The minimum Gasteiger partial charge on any atom is -0.376 e. The van der Waals surface area contributed by atoms with Crippen LogP contribution in [0, 0.1) is 12.7 Å². The topological polar surface area (TPSA) is 66.0 Å². The first kappa shape index (κ1) is 18.7. The molecule has 4 aromatic rings. The van der Waals surface area contributed by atoms with Gasteiger partial charge in [0.05, 0.1) is 12.6 Å². The Balaban J connectivity index is 1.54. The van der Waals surface area contributed by atoms with Gasteiger partial charge >= 0.3 is 0 Å². The molecule has 1 fully saturated rings. The minimum absolute atomic E-state index is 0.0919. The van der Waals surface area contributed by atoms with Crippen LogP contribution in [0.3, 0.4) is 0 Å². The van der Waals surface area contributed by atoms with E-state index in [1.165, 1.54) is 12.1 Å². The van der Waals surface area contributed by atoms with Crippen LogP contribution in [0.25, 0.3) is 34.2 Å². The van der Waals surface area contributed by atoms with E-state index in [4.69, 9.17) is 14.2 Å². The Hall–Kier alpha value is -3.32. The smallest absolute Gasteiger partial charge is 0.181 e. The molecule has 30 heavy (non-hydrogen) atoms. The molecule has 1 unspecified atom stereocenters. The van der Waals surface area contributed by atoms with Crippen molar-refractivity contribution < 1.29 is 13.7 Å². The molecule has 0 aliphatic carbocycles. The van der Waals surface area contributed by atoms with Crippen LogP contribution in [0.5, 0.6) is 0 Å². The molecule has 2 aromatic carbocycles. The number of ether oxygens (including phenoxy) is 1. The highest BCUT2D eigenvalue weighted by atomic mass is 19.1. The average molecular weight is 404 g/mol. The third-order valence-corrected chi connectivity index (χ3v) is 5.32. The second kappa shape index (κ2) is 7.84. The van der Waals surface area contributed by atoms with Gasteiger partial charge in [-0.3, -0.25) is 0 Å². The van der Waals surface area contributed by atoms with E-state index >= 15 is 0 Å². The zero-order valence-corrected chi connectivity index (χ0v) is 16.6.